The van der Waals surface area contributed by atoms with Crippen molar-refractivity contribution in [3.05, 3.63) is 47.1 Å². The van der Waals surface area contributed by atoms with E-state index in [4.69, 9.17) is 0 Å². The van der Waals surface area contributed by atoms with E-state index in [0.29, 0.717) is 0 Å². The highest BCUT2D eigenvalue weighted by Gasteiger charge is 1.80. The molecule has 0 saturated carbocycles. The highest BCUT2D eigenvalue weighted by atomic mass is 32.1. The van der Waals surface area contributed by atoms with E-state index in [0.717, 1.165) is 10.5 Å². The highest BCUT2D eigenvalue weighted by molar-refractivity contribution is 7.84. The first kappa shape index (κ1) is 18.3. The maximum absolute atomic E-state index is 4.14. The van der Waals surface area contributed by atoms with Crippen LogP contribution < -0.4 is 0 Å². The topological polar surface area (TPSA) is 12.9 Å². The van der Waals surface area contributed by atoms with Crippen molar-refractivity contribution in [2.45, 2.75) is 41.0 Å². The van der Waals surface area contributed by atoms with Gasteiger partial charge >= 0.3 is 0 Å². The van der Waals surface area contributed by atoms with Gasteiger partial charge in [0.25, 0.3) is 0 Å². The van der Waals surface area contributed by atoms with Gasteiger partial charge in [0.2, 0.25) is 0 Å². The van der Waals surface area contributed by atoms with Crippen LogP contribution in [-0.2, 0) is 0 Å². The zero-order valence-corrected chi connectivity index (χ0v) is 12.5. The summed E-state index contributed by atoms with van der Waals surface area (Å²) in [6.45, 7) is 10.2. The molecule has 0 unspecified atom stereocenters. The summed E-state index contributed by atoms with van der Waals surface area (Å²) in [5, 5.41) is 0. The van der Waals surface area contributed by atoms with Gasteiger partial charge in [-0.3, -0.25) is 4.98 Å². The SMILES string of the molecule is C/C(S)=C/C=C/c1cccnc1.CC.CCC. The molecule has 1 aromatic heterocycles. The maximum Gasteiger partial charge on any atom is 0.0340 e. The first-order valence-electron chi connectivity index (χ1n) is 6.14. The molecule has 0 amide bonds. The minimum atomic E-state index is 0.996. The van der Waals surface area contributed by atoms with E-state index >= 15 is 0 Å². The molecule has 1 rings (SSSR count). The number of pyridine rings is 1. The Labute approximate surface area is 112 Å². The molecule has 96 valence electrons. The monoisotopic (exact) mass is 251 g/mol. The van der Waals surface area contributed by atoms with Crippen LogP contribution in [0.5, 0.6) is 0 Å². The number of nitrogens with zero attached hydrogens (tertiary/aromatic N) is 1. The molecule has 0 saturated heterocycles. The largest absolute Gasteiger partial charge is 0.264 e. The minimum absolute atomic E-state index is 0.996. The molecule has 0 bridgehead atoms. The Balaban J connectivity index is 0. The van der Waals surface area contributed by atoms with Gasteiger partial charge in [-0.2, -0.15) is 0 Å². The van der Waals surface area contributed by atoms with E-state index in [1.54, 1.807) is 6.20 Å². The van der Waals surface area contributed by atoms with Crippen molar-refractivity contribution in [2.75, 3.05) is 0 Å². The summed E-state index contributed by atoms with van der Waals surface area (Å²) < 4.78 is 0. The fraction of sp³-hybridized carbons (Fsp3) is 0.400. The van der Waals surface area contributed by atoms with Crippen LogP contribution in [0.15, 0.2) is 41.6 Å². The highest BCUT2D eigenvalue weighted by Crippen LogP contribution is 2.01. The average molecular weight is 251 g/mol. The molecule has 0 aliphatic heterocycles. The van der Waals surface area contributed by atoms with Crippen molar-refractivity contribution in [1.82, 2.24) is 4.98 Å². The molecule has 1 heterocycles. The van der Waals surface area contributed by atoms with E-state index in [2.05, 4.69) is 31.5 Å². The Bertz CT molecular complexity index is 298. The van der Waals surface area contributed by atoms with Gasteiger partial charge in [0.05, 0.1) is 0 Å². The Morgan fingerprint density at radius 2 is 1.94 bits per heavy atom. The van der Waals surface area contributed by atoms with Crippen LogP contribution in [0.25, 0.3) is 6.08 Å². The molecule has 0 spiro atoms. The molecule has 0 fully saturated rings. The zero-order valence-electron chi connectivity index (χ0n) is 11.6. The number of hydrogen-bond donors (Lipinski definition) is 1. The Kier molecular flexibility index (Phi) is 16.2. The quantitative estimate of drug-likeness (QED) is 0.550. The predicted octanol–water partition coefficient (Wildman–Crippen LogP) is 5.37. The van der Waals surface area contributed by atoms with Crippen molar-refractivity contribution in [3.63, 3.8) is 0 Å². The third-order valence-corrected chi connectivity index (χ3v) is 1.46. The fourth-order valence-electron chi connectivity index (χ4n) is 0.773. The third-order valence-electron chi connectivity index (χ3n) is 1.31. The lowest BCUT2D eigenvalue weighted by molar-refractivity contribution is 1.09. The zero-order chi connectivity index (χ0) is 13.5. The number of thiol groups is 1. The molecule has 2 heteroatoms. The first-order valence-corrected chi connectivity index (χ1v) is 6.59. The summed E-state index contributed by atoms with van der Waals surface area (Å²) in [4.78, 5) is 4.99. The van der Waals surface area contributed by atoms with Crippen molar-refractivity contribution in [1.29, 1.82) is 0 Å². The number of rotatable bonds is 2. The first-order chi connectivity index (χ1) is 8.20. The fourth-order valence-corrected chi connectivity index (χ4v) is 0.859. The molecule has 0 atom stereocenters. The van der Waals surface area contributed by atoms with Gasteiger partial charge in [-0.05, 0) is 23.5 Å². The summed E-state index contributed by atoms with van der Waals surface area (Å²) in [6, 6.07) is 3.92. The lowest BCUT2D eigenvalue weighted by Crippen LogP contribution is -1.71. The summed E-state index contributed by atoms with van der Waals surface area (Å²) in [7, 11) is 0. The maximum atomic E-state index is 4.14. The lowest BCUT2D eigenvalue weighted by Gasteiger charge is -1.88. The van der Waals surface area contributed by atoms with E-state index in [-0.39, 0.29) is 0 Å². The standard InChI is InChI=1S/C10H11NS.C3H8.C2H6/c1-9(12)4-2-5-10-6-3-7-11-8-10;1-3-2;1-2/h2-8,12H,1H3;3H2,1-2H3;1-2H3/b5-2+,9-4-;;. The van der Waals surface area contributed by atoms with Gasteiger partial charge in [0, 0.05) is 12.4 Å². The second kappa shape index (κ2) is 15.0. The molecule has 0 radical (unpaired) electrons. The third kappa shape index (κ3) is 15.0. The average Bonchev–Trinajstić information content (AvgIpc) is 2.33. The van der Waals surface area contributed by atoms with Crippen molar-refractivity contribution in [3.8, 4) is 0 Å². The van der Waals surface area contributed by atoms with E-state index in [1.807, 2.05) is 57.3 Å². The smallest absolute Gasteiger partial charge is 0.0340 e. The molecule has 17 heavy (non-hydrogen) atoms. The summed E-state index contributed by atoms with van der Waals surface area (Å²) >= 11 is 4.14. The molecule has 0 aliphatic rings. The van der Waals surface area contributed by atoms with Crippen molar-refractivity contribution in [2.24, 2.45) is 0 Å². The molecule has 0 aliphatic carbocycles. The van der Waals surface area contributed by atoms with Gasteiger partial charge in [-0.15, -0.1) is 12.6 Å². The molecule has 0 N–H and O–H groups in total. The van der Waals surface area contributed by atoms with Gasteiger partial charge < -0.3 is 0 Å². The minimum Gasteiger partial charge on any atom is -0.264 e. The number of aromatic nitrogens is 1. The lowest BCUT2D eigenvalue weighted by atomic mass is 10.2. The van der Waals surface area contributed by atoms with Crippen molar-refractivity contribution >= 4 is 18.7 Å². The van der Waals surface area contributed by atoms with Crippen LogP contribution in [0.2, 0.25) is 0 Å². The summed E-state index contributed by atoms with van der Waals surface area (Å²) in [5.74, 6) is 0. The van der Waals surface area contributed by atoms with Crippen LogP contribution in [0.3, 0.4) is 0 Å². The van der Waals surface area contributed by atoms with Crippen LogP contribution in [0, 0.1) is 0 Å². The number of hydrogen-bond acceptors (Lipinski definition) is 2. The number of allylic oxidation sites excluding steroid dienone is 3. The Hall–Kier alpha value is -1.02. The van der Waals surface area contributed by atoms with Gasteiger partial charge in [0.15, 0.2) is 0 Å². The van der Waals surface area contributed by atoms with Crippen LogP contribution in [-0.4, -0.2) is 4.98 Å². The van der Waals surface area contributed by atoms with Crippen molar-refractivity contribution < 1.29 is 0 Å². The molecular formula is C15H25NS. The van der Waals surface area contributed by atoms with E-state index in [9.17, 15) is 0 Å². The Morgan fingerprint density at radius 3 is 2.35 bits per heavy atom. The summed E-state index contributed by atoms with van der Waals surface area (Å²) in [6.07, 6.45) is 10.7. The van der Waals surface area contributed by atoms with E-state index < -0.39 is 0 Å². The normalized spacial score (nSPS) is 10.1. The molecule has 0 aromatic carbocycles. The second-order valence-electron chi connectivity index (χ2n) is 3.16. The summed E-state index contributed by atoms with van der Waals surface area (Å²) in [5.41, 5.74) is 1.10. The van der Waals surface area contributed by atoms with Crippen LogP contribution in [0.1, 0.15) is 46.6 Å². The van der Waals surface area contributed by atoms with Crippen LogP contribution in [0.4, 0.5) is 0 Å². The van der Waals surface area contributed by atoms with Gasteiger partial charge in [0.1, 0.15) is 0 Å². The van der Waals surface area contributed by atoms with E-state index in [1.165, 1.54) is 6.42 Å². The Morgan fingerprint density at radius 1 is 1.35 bits per heavy atom. The second-order valence-corrected chi connectivity index (χ2v) is 3.87. The van der Waals surface area contributed by atoms with Gasteiger partial charge in [-0.25, -0.2) is 0 Å². The van der Waals surface area contributed by atoms with Gasteiger partial charge in [-0.1, -0.05) is 58.4 Å². The predicted molar refractivity (Wildman–Crippen MR) is 83.3 cm³/mol. The molecule has 1 nitrogen and oxygen atoms in total. The van der Waals surface area contributed by atoms with Crippen LogP contribution >= 0.6 is 12.6 Å². The molecule has 1 aromatic rings. The molecular weight excluding hydrogens is 226 g/mol.